The van der Waals surface area contributed by atoms with Gasteiger partial charge in [-0.05, 0) is 30.2 Å². The number of aryl methyl sites for hydroxylation is 1. The Labute approximate surface area is 141 Å². The highest BCUT2D eigenvalue weighted by atomic mass is 16.5. The van der Waals surface area contributed by atoms with Crippen molar-refractivity contribution < 1.29 is 14.6 Å². The molecule has 24 heavy (non-hydrogen) atoms. The molecule has 3 rings (SSSR count). The van der Waals surface area contributed by atoms with Gasteiger partial charge in [0.2, 0.25) is 5.91 Å². The number of methoxy groups -OCH3 is 1. The molecule has 0 saturated carbocycles. The Bertz CT molecular complexity index is 797. The summed E-state index contributed by atoms with van der Waals surface area (Å²) in [6, 6.07) is 13.0. The van der Waals surface area contributed by atoms with Crippen LogP contribution in [0.1, 0.15) is 36.1 Å². The number of hydrogen-bond donors (Lipinski definition) is 1. The lowest BCUT2D eigenvalue weighted by atomic mass is 9.97. The molecule has 5 heteroatoms. The zero-order valence-electron chi connectivity index (χ0n) is 14.0. The van der Waals surface area contributed by atoms with Crippen LogP contribution in [0, 0.1) is 6.92 Å². The molecule has 0 spiro atoms. The smallest absolute Gasteiger partial charge is 0.240 e. The first-order valence-corrected chi connectivity index (χ1v) is 7.81. The van der Waals surface area contributed by atoms with Crippen molar-refractivity contribution in [3.8, 4) is 11.5 Å². The Balaban J connectivity index is 1.93. The minimum atomic E-state index is -0.226. The average Bonchev–Trinajstić information content (AvgIpc) is 3.01. The van der Waals surface area contributed by atoms with Crippen molar-refractivity contribution in [3.05, 3.63) is 59.2 Å². The lowest BCUT2D eigenvalue weighted by Crippen LogP contribution is -2.24. The van der Waals surface area contributed by atoms with Gasteiger partial charge in [-0.25, -0.2) is 5.01 Å². The van der Waals surface area contributed by atoms with Crippen molar-refractivity contribution in [3.63, 3.8) is 0 Å². The van der Waals surface area contributed by atoms with E-state index in [1.807, 2.05) is 37.3 Å². The Morgan fingerprint density at radius 2 is 1.96 bits per heavy atom. The van der Waals surface area contributed by atoms with Crippen LogP contribution < -0.4 is 4.74 Å². The monoisotopic (exact) mass is 324 g/mol. The van der Waals surface area contributed by atoms with Crippen LogP contribution in [0.5, 0.6) is 11.5 Å². The third-order valence-electron chi connectivity index (χ3n) is 4.21. The van der Waals surface area contributed by atoms with Gasteiger partial charge in [0.25, 0.3) is 0 Å². The second-order valence-electron chi connectivity index (χ2n) is 5.93. The number of hydrazone groups is 1. The maximum absolute atomic E-state index is 12.0. The van der Waals surface area contributed by atoms with Crippen molar-refractivity contribution in [1.29, 1.82) is 0 Å². The molecule has 1 aliphatic heterocycles. The number of rotatable bonds is 3. The van der Waals surface area contributed by atoms with Gasteiger partial charge in [0.05, 0.1) is 18.9 Å². The average molecular weight is 324 g/mol. The highest BCUT2D eigenvalue weighted by Gasteiger charge is 2.31. The highest BCUT2D eigenvalue weighted by molar-refractivity contribution is 6.03. The van der Waals surface area contributed by atoms with Crippen LogP contribution >= 0.6 is 0 Å². The third-order valence-corrected chi connectivity index (χ3v) is 4.21. The van der Waals surface area contributed by atoms with Crippen molar-refractivity contribution in [2.75, 3.05) is 7.11 Å². The Hall–Kier alpha value is -2.82. The molecule has 0 aliphatic carbocycles. The van der Waals surface area contributed by atoms with Crippen LogP contribution in [0.2, 0.25) is 0 Å². The van der Waals surface area contributed by atoms with Crippen LogP contribution in [-0.4, -0.2) is 28.8 Å². The van der Waals surface area contributed by atoms with Gasteiger partial charge in [0, 0.05) is 13.3 Å². The predicted molar refractivity (Wildman–Crippen MR) is 92.3 cm³/mol. The summed E-state index contributed by atoms with van der Waals surface area (Å²) >= 11 is 0. The van der Waals surface area contributed by atoms with Crippen molar-refractivity contribution >= 4 is 11.6 Å². The maximum atomic E-state index is 12.0. The Kier molecular flexibility index (Phi) is 4.25. The van der Waals surface area contributed by atoms with Crippen LogP contribution in [0.25, 0.3) is 0 Å². The molecular formula is C19H20N2O3. The molecule has 0 fully saturated rings. The topological polar surface area (TPSA) is 62.1 Å². The first-order valence-electron chi connectivity index (χ1n) is 7.81. The van der Waals surface area contributed by atoms with E-state index in [4.69, 9.17) is 4.74 Å². The molecule has 1 heterocycles. The molecule has 1 N–H and O–H groups in total. The fourth-order valence-electron chi connectivity index (χ4n) is 2.89. The molecule has 1 amide bonds. The summed E-state index contributed by atoms with van der Waals surface area (Å²) in [4.78, 5) is 12.0. The Morgan fingerprint density at radius 3 is 2.54 bits per heavy atom. The van der Waals surface area contributed by atoms with Crippen LogP contribution in [-0.2, 0) is 4.79 Å². The number of phenolic OH excluding ortho intramolecular Hbond substituents is 1. The normalized spacial score (nSPS) is 16.9. The standard InChI is InChI=1S/C19H20N2O3/c1-12-4-6-14(7-5-12)16-11-17(21(20-16)13(2)22)15-8-9-19(24-3)18(23)10-15/h4-10,17,23H,11H2,1-3H3/t17-/m1/s1. The zero-order valence-corrected chi connectivity index (χ0v) is 14.0. The van der Waals surface area contributed by atoms with Gasteiger partial charge < -0.3 is 9.84 Å². The third kappa shape index (κ3) is 2.97. The summed E-state index contributed by atoms with van der Waals surface area (Å²) in [6.07, 6.45) is 0.606. The summed E-state index contributed by atoms with van der Waals surface area (Å²) in [5.41, 5.74) is 3.88. The number of carbonyl (C=O) groups excluding carboxylic acids is 1. The van der Waals surface area contributed by atoms with E-state index in [9.17, 15) is 9.90 Å². The minimum absolute atomic E-state index is 0.0577. The number of benzene rings is 2. The van der Waals surface area contributed by atoms with E-state index >= 15 is 0 Å². The van der Waals surface area contributed by atoms with Crippen LogP contribution in [0.15, 0.2) is 47.6 Å². The summed E-state index contributed by atoms with van der Waals surface area (Å²) < 4.78 is 5.08. The van der Waals surface area contributed by atoms with E-state index < -0.39 is 0 Å². The number of nitrogens with zero attached hydrogens (tertiary/aromatic N) is 2. The van der Waals surface area contributed by atoms with Gasteiger partial charge in [-0.1, -0.05) is 35.9 Å². The molecule has 124 valence electrons. The zero-order chi connectivity index (χ0) is 17.3. The van der Waals surface area contributed by atoms with E-state index in [0.717, 1.165) is 16.8 Å². The summed E-state index contributed by atoms with van der Waals surface area (Å²) in [6.45, 7) is 3.53. The number of phenols is 1. The first-order chi connectivity index (χ1) is 11.5. The molecule has 0 unspecified atom stereocenters. The lowest BCUT2D eigenvalue weighted by Gasteiger charge is -2.21. The van der Waals surface area contributed by atoms with Gasteiger partial charge in [0.15, 0.2) is 11.5 Å². The molecule has 5 nitrogen and oxygen atoms in total. The van der Waals surface area contributed by atoms with Gasteiger partial charge in [-0.3, -0.25) is 4.79 Å². The summed E-state index contributed by atoms with van der Waals surface area (Å²) in [5.74, 6) is 0.338. The SMILES string of the molecule is COc1ccc([C@H]2CC(c3ccc(C)cc3)=NN2C(C)=O)cc1O. The highest BCUT2D eigenvalue weighted by Crippen LogP contribution is 2.36. The molecule has 0 aromatic heterocycles. The molecule has 0 radical (unpaired) electrons. The van der Waals surface area contributed by atoms with Crippen molar-refractivity contribution in [1.82, 2.24) is 5.01 Å². The van der Waals surface area contributed by atoms with Crippen molar-refractivity contribution in [2.45, 2.75) is 26.3 Å². The first kappa shape index (κ1) is 16.1. The molecular weight excluding hydrogens is 304 g/mol. The fraction of sp³-hybridized carbons (Fsp3) is 0.263. The lowest BCUT2D eigenvalue weighted by molar-refractivity contribution is -0.130. The summed E-state index contributed by atoms with van der Waals surface area (Å²) in [7, 11) is 1.50. The number of ether oxygens (including phenoxy) is 1. The Morgan fingerprint density at radius 1 is 1.25 bits per heavy atom. The van der Waals surface area contributed by atoms with Gasteiger partial charge in [-0.2, -0.15) is 5.10 Å². The predicted octanol–water partition coefficient (Wildman–Crippen LogP) is 3.41. The van der Waals surface area contributed by atoms with E-state index in [1.54, 1.807) is 12.1 Å². The number of carbonyl (C=O) groups is 1. The molecule has 1 aliphatic rings. The van der Waals surface area contributed by atoms with Crippen molar-refractivity contribution in [2.24, 2.45) is 5.10 Å². The van der Waals surface area contributed by atoms with Gasteiger partial charge in [0.1, 0.15) is 0 Å². The second kappa shape index (κ2) is 6.35. The largest absolute Gasteiger partial charge is 0.504 e. The van der Waals surface area contributed by atoms with Gasteiger partial charge >= 0.3 is 0 Å². The molecule has 0 bridgehead atoms. The minimum Gasteiger partial charge on any atom is -0.504 e. The molecule has 2 aromatic rings. The number of hydrogen-bond acceptors (Lipinski definition) is 4. The fourth-order valence-corrected chi connectivity index (χ4v) is 2.89. The molecule has 2 aromatic carbocycles. The maximum Gasteiger partial charge on any atom is 0.240 e. The van der Waals surface area contributed by atoms with E-state index in [1.165, 1.54) is 24.6 Å². The van der Waals surface area contributed by atoms with Crippen LogP contribution in [0.3, 0.4) is 0 Å². The summed E-state index contributed by atoms with van der Waals surface area (Å²) in [5, 5.41) is 16.0. The van der Waals surface area contributed by atoms with Gasteiger partial charge in [-0.15, -0.1) is 0 Å². The molecule has 1 atom stereocenters. The van der Waals surface area contributed by atoms with E-state index in [-0.39, 0.29) is 17.7 Å². The quantitative estimate of drug-likeness (QED) is 0.941. The van der Waals surface area contributed by atoms with E-state index in [2.05, 4.69) is 5.10 Å². The van der Waals surface area contributed by atoms with Crippen LogP contribution in [0.4, 0.5) is 0 Å². The second-order valence-corrected chi connectivity index (χ2v) is 5.93. The van der Waals surface area contributed by atoms with E-state index in [0.29, 0.717) is 12.2 Å². The number of aromatic hydroxyl groups is 1. The molecule has 0 saturated heterocycles. The number of amides is 1.